The molecular weight excluding hydrogens is 398 g/mol. The number of piperidine rings is 1. The van der Waals surface area contributed by atoms with Gasteiger partial charge in [-0.25, -0.2) is 4.98 Å². The van der Waals surface area contributed by atoms with Crippen LogP contribution in [0.1, 0.15) is 41.2 Å². The van der Waals surface area contributed by atoms with E-state index in [-0.39, 0.29) is 5.91 Å². The Hall–Kier alpha value is -2.00. The van der Waals surface area contributed by atoms with Crippen LogP contribution in [0.15, 0.2) is 29.6 Å². The number of rotatable bonds is 7. The number of para-hydroxylation sites is 2. The van der Waals surface area contributed by atoms with Gasteiger partial charge in [-0.15, -0.1) is 11.3 Å². The summed E-state index contributed by atoms with van der Waals surface area (Å²) < 4.78 is 5.45. The number of hydrogen-bond donors (Lipinski definition) is 2. The molecule has 0 bridgehead atoms. The lowest BCUT2D eigenvalue weighted by Gasteiger charge is -2.31. The third kappa shape index (κ3) is 5.18. The van der Waals surface area contributed by atoms with Crippen molar-refractivity contribution in [3.8, 4) is 0 Å². The third-order valence-corrected chi connectivity index (χ3v) is 6.79. The fourth-order valence-corrected chi connectivity index (χ4v) is 5.00. The summed E-state index contributed by atoms with van der Waals surface area (Å²) in [6.07, 6.45) is 2.19. The maximum absolute atomic E-state index is 12.9. The van der Waals surface area contributed by atoms with Crippen molar-refractivity contribution in [3.63, 3.8) is 0 Å². The summed E-state index contributed by atoms with van der Waals surface area (Å²) in [4.78, 5) is 22.3. The molecule has 30 heavy (non-hydrogen) atoms. The number of morpholine rings is 1. The molecule has 0 spiro atoms. The summed E-state index contributed by atoms with van der Waals surface area (Å²) in [6.45, 7) is 9.33. The lowest BCUT2D eigenvalue weighted by atomic mass is 9.98. The number of aromatic nitrogens is 1. The number of nitrogens with one attached hydrogen (secondary N) is 2. The van der Waals surface area contributed by atoms with Crippen molar-refractivity contribution in [2.24, 2.45) is 0 Å². The highest BCUT2D eigenvalue weighted by Gasteiger charge is 2.24. The Kier molecular flexibility index (Phi) is 7.33. The molecule has 0 unspecified atom stereocenters. The van der Waals surface area contributed by atoms with Crippen molar-refractivity contribution in [2.45, 2.75) is 25.7 Å². The van der Waals surface area contributed by atoms with Crippen molar-refractivity contribution >= 4 is 28.6 Å². The highest BCUT2D eigenvalue weighted by molar-refractivity contribution is 7.10. The summed E-state index contributed by atoms with van der Waals surface area (Å²) in [6, 6.07) is 7.96. The average molecular weight is 430 g/mol. The van der Waals surface area contributed by atoms with Crippen LogP contribution in [0.4, 0.5) is 11.4 Å². The number of anilines is 2. The van der Waals surface area contributed by atoms with Gasteiger partial charge >= 0.3 is 0 Å². The molecule has 8 heteroatoms. The summed E-state index contributed by atoms with van der Waals surface area (Å²) in [5.74, 6) is 0.317. The highest BCUT2D eigenvalue weighted by atomic mass is 32.1. The van der Waals surface area contributed by atoms with Crippen LogP contribution < -0.4 is 15.5 Å². The molecule has 1 amide bonds. The molecular formula is C22H31N5O2S. The van der Waals surface area contributed by atoms with Crippen LogP contribution in [-0.4, -0.2) is 68.4 Å². The molecule has 2 N–H and O–H groups in total. The van der Waals surface area contributed by atoms with Gasteiger partial charge in [0.05, 0.1) is 29.6 Å². The van der Waals surface area contributed by atoms with E-state index in [2.05, 4.69) is 33.4 Å². The second-order valence-electron chi connectivity index (χ2n) is 7.80. The zero-order chi connectivity index (χ0) is 20.8. The molecule has 4 rings (SSSR count). The first kappa shape index (κ1) is 21.2. The molecule has 1 aromatic heterocycles. The quantitative estimate of drug-likeness (QED) is 0.705. The van der Waals surface area contributed by atoms with Gasteiger partial charge in [-0.05, 0) is 31.5 Å². The van der Waals surface area contributed by atoms with E-state index in [0.717, 1.165) is 68.6 Å². The predicted octanol–water partition coefficient (Wildman–Crippen LogP) is 2.98. The monoisotopic (exact) mass is 429 g/mol. The Labute approximate surface area is 182 Å². The molecule has 0 aliphatic carbocycles. The summed E-state index contributed by atoms with van der Waals surface area (Å²) in [5, 5.41) is 9.45. The van der Waals surface area contributed by atoms with Crippen LogP contribution in [0.2, 0.25) is 0 Å². The summed E-state index contributed by atoms with van der Waals surface area (Å²) in [5.41, 5.74) is 2.38. The number of carbonyl (C=O) groups is 1. The number of amides is 1. The fraction of sp³-hybridized carbons (Fsp3) is 0.545. The van der Waals surface area contributed by atoms with Crippen molar-refractivity contribution < 1.29 is 9.53 Å². The zero-order valence-electron chi connectivity index (χ0n) is 17.6. The normalized spacial score (nSPS) is 18.5. The molecule has 162 valence electrons. The number of thiazole rings is 1. The summed E-state index contributed by atoms with van der Waals surface area (Å²) in [7, 11) is 0. The molecule has 2 aliphatic rings. The molecule has 3 heterocycles. The van der Waals surface area contributed by atoms with E-state index < -0.39 is 0 Å². The molecule has 2 aliphatic heterocycles. The van der Waals surface area contributed by atoms with E-state index >= 15 is 0 Å². The molecule has 2 fully saturated rings. The maximum Gasteiger partial charge on any atom is 0.275 e. The van der Waals surface area contributed by atoms with Gasteiger partial charge in [-0.2, -0.15) is 0 Å². The first-order valence-electron chi connectivity index (χ1n) is 10.9. The smallest absolute Gasteiger partial charge is 0.275 e. The van der Waals surface area contributed by atoms with Crippen LogP contribution >= 0.6 is 11.3 Å². The Balaban J connectivity index is 1.37. The Morgan fingerprint density at radius 3 is 2.73 bits per heavy atom. The lowest BCUT2D eigenvalue weighted by Crippen LogP contribution is -2.39. The van der Waals surface area contributed by atoms with E-state index in [1.54, 1.807) is 11.3 Å². The molecule has 1 aromatic carbocycles. The van der Waals surface area contributed by atoms with Gasteiger partial charge in [-0.3, -0.25) is 9.69 Å². The van der Waals surface area contributed by atoms with E-state index in [0.29, 0.717) is 24.8 Å². The Morgan fingerprint density at radius 2 is 1.97 bits per heavy atom. The second kappa shape index (κ2) is 10.3. The van der Waals surface area contributed by atoms with Gasteiger partial charge in [0.2, 0.25) is 0 Å². The topological polar surface area (TPSA) is 69.7 Å². The van der Waals surface area contributed by atoms with Crippen molar-refractivity contribution in [3.05, 3.63) is 40.3 Å². The molecule has 7 nitrogen and oxygen atoms in total. The van der Waals surface area contributed by atoms with Gasteiger partial charge in [0.1, 0.15) is 5.69 Å². The van der Waals surface area contributed by atoms with Crippen LogP contribution in [0.25, 0.3) is 0 Å². The van der Waals surface area contributed by atoms with Gasteiger partial charge in [0, 0.05) is 44.1 Å². The molecule has 0 saturated carbocycles. The molecule has 0 radical (unpaired) electrons. The van der Waals surface area contributed by atoms with Gasteiger partial charge in [-0.1, -0.05) is 19.1 Å². The van der Waals surface area contributed by atoms with Gasteiger partial charge < -0.3 is 20.3 Å². The minimum atomic E-state index is -0.136. The lowest BCUT2D eigenvalue weighted by molar-refractivity contribution is 0.102. The zero-order valence-corrected chi connectivity index (χ0v) is 18.4. The minimum Gasteiger partial charge on any atom is -0.378 e. The Bertz CT molecular complexity index is 828. The second-order valence-corrected chi connectivity index (χ2v) is 8.69. The molecule has 2 aromatic rings. The maximum atomic E-state index is 12.9. The van der Waals surface area contributed by atoms with Gasteiger partial charge in [0.15, 0.2) is 0 Å². The number of ether oxygens (including phenoxy) is 1. The number of carbonyl (C=O) groups excluding carboxylic acids is 1. The molecule has 0 atom stereocenters. The van der Waals surface area contributed by atoms with Gasteiger partial charge in [0.25, 0.3) is 5.91 Å². The number of likely N-dealkylation sites (tertiary alicyclic amines) is 1. The van der Waals surface area contributed by atoms with Crippen molar-refractivity contribution in [1.29, 1.82) is 0 Å². The highest BCUT2D eigenvalue weighted by Crippen LogP contribution is 2.31. The minimum absolute atomic E-state index is 0.136. The first-order chi connectivity index (χ1) is 14.7. The van der Waals surface area contributed by atoms with Crippen LogP contribution in [0, 0.1) is 0 Å². The van der Waals surface area contributed by atoms with E-state index in [1.807, 2.05) is 23.6 Å². The fourth-order valence-electron chi connectivity index (χ4n) is 4.03. The van der Waals surface area contributed by atoms with E-state index in [4.69, 9.17) is 9.72 Å². The van der Waals surface area contributed by atoms with Crippen molar-refractivity contribution in [2.75, 3.05) is 62.8 Å². The SMILES string of the molecule is CCNCN1CCC(c2nc(C(=O)Nc3ccccc3N3CCOCC3)cs2)CC1. The Morgan fingerprint density at radius 1 is 1.20 bits per heavy atom. The largest absolute Gasteiger partial charge is 0.378 e. The van der Waals surface area contributed by atoms with Crippen LogP contribution in [0.5, 0.6) is 0 Å². The van der Waals surface area contributed by atoms with E-state index in [9.17, 15) is 4.79 Å². The summed E-state index contributed by atoms with van der Waals surface area (Å²) >= 11 is 1.61. The standard InChI is InChI=1S/C22H31N5O2S/c1-2-23-16-26-9-7-17(8-10-26)22-25-19(15-30-22)21(28)24-18-5-3-4-6-20(18)27-11-13-29-14-12-27/h3-6,15,17,23H,2,7-14,16H2,1H3,(H,24,28). The van der Waals surface area contributed by atoms with E-state index in [1.165, 1.54) is 0 Å². The predicted molar refractivity (Wildman–Crippen MR) is 122 cm³/mol. The van der Waals surface area contributed by atoms with Crippen LogP contribution in [0.3, 0.4) is 0 Å². The first-order valence-corrected chi connectivity index (χ1v) is 11.7. The van der Waals surface area contributed by atoms with Crippen LogP contribution in [-0.2, 0) is 4.74 Å². The number of benzene rings is 1. The number of hydrogen-bond acceptors (Lipinski definition) is 7. The third-order valence-electron chi connectivity index (χ3n) is 5.78. The number of nitrogens with zero attached hydrogens (tertiary/aromatic N) is 3. The average Bonchev–Trinajstić information content (AvgIpc) is 3.29. The molecule has 2 saturated heterocycles. The van der Waals surface area contributed by atoms with Crippen molar-refractivity contribution in [1.82, 2.24) is 15.2 Å².